The minimum atomic E-state index is -0.734. The molecule has 0 bridgehead atoms. The van der Waals surface area contributed by atoms with E-state index in [1.165, 1.54) is 0 Å². The van der Waals surface area contributed by atoms with Crippen LogP contribution in [0.1, 0.15) is 11.1 Å². The zero-order valence-electron chi connectivity index (χ0n) is 8.69. The van der Waals surface area contributed by atoms with E-state index in [4.69, 9.17) is 5.26 Å². The summed E-state index contributed by atoms with van der Waals surface area (Å²) in [4.78, 5) is 0. The Kier molecular flexibility index (Phi) is 5.02. The largest absolute Gasteiger partial charge is 0.312 e. The lowest BCUT2D eigenvalue weighted by atomic mass is 10.1. The van der Waals surface area contributed by atoms with Gasteiger partial charge in [-0.25, -0.2) is 0 Å². The van der Waals surface area contributed by atoms with Crippen molar-refractivity contribution >= 4 is 10.8 Å². The zero-order chi connectivity index (χ0) is 11.1. The molecule has 1 N–H and O–H groups in total. The zero-order valence-corrected chi connectivity index (χ0v) is 9.51. The Balaban J connectivity index is 2.32. The van der Waals surface area contributed by atoms with Crippen LogP contribution in [0.4, 0.5) is 0 Å². The van der Waals surface area contributed by atoms with E-state index in [1.807, 2.05) is 12.1 Å². The van der Waals surface area contributed by atoms with Gasteiger partial charge in [-0.1, -0.05) is 12.1 Å². The van der Waals surface area contributed by atoms with E-state index in [2.05, 4.69) is 11.4 Å². The molecule has 1 aromatic carbocycles. The summed E-state index contributed by atoms with van der Waals surface area (Å²) in [6.07, 6.45) is 1.70. The molecule has 3 nitrogen and oxygen atoms in total. The molecule has 1 aromatic rings. The second-order valence-electron chi connectivity index (χ2n) is 3.26. The van der Waals surface area contributed by atoms with Crippen molar-refractivity contribution in [1.82, 2.24) is 5.32 Å². The molecule has 0 fully saturated rings. The van der Waals surface area contributed by atoms with Crippen LogP contribution in [0.15, 0.2) is 24.3 Å². The number of rotatable bonds is 5. The van der Waals surface area contributed by atoms with Crippen molar-refractivity contribution in [3.63, 3.8) is 0 Å². The highest BCUT2D eigenvalue weighted by atomic mass is 32.2. The number of benzene rings is 1. The van der Waals surface area contributed by atoms with E-state index in [0.717, 1.165) is 18.7 Å². The summed E-state index contributed by atoms with van der Waals surface area (Å²) in [6, 6.07) is 9.53. The van der Waals surface area contributed by atoms with E-state index in [-0.39, 0.29) is 0 Å². The molecule has 0 aliphatic carbocycles. The summed E-state index contributed by atoms with van der Waals surface area (Å²) in [7, 11) is -0.734. The molecule has 1 unspecified atom stereocenters. The monoisotopic (exact) mass is 222 g/mol. The number of hydrogen-bond acceptors (Lipinski definition) is 3. The van der Waals surface area contributed by atoms with Gasteiger partial charge < -0.3 is 5.32 Å². The summed E-state index contributed by atoms with van der Waals surface area (Å²) in [6.45, 7) is 1.51. The Morgan fingerprint density at radius 1 is 1.40 bits per heavy atom. The predicted molar refractivity (Wildman–Crippen MR) is 61.8 cm³/mol. The van der Waals surface area contributed by atoms with Crippen LogP contribution in [0, 0.1) is 11.3 Å². The van der Waals surface area contributed by atoms with Crippen LogP contribution < -0.4 is 5.32 Å². The van der Waals surface area contributed by atoms with Gasteiger partial charge in [-0.2, -0.15) is 5.26 Å². The van der Waals surface area contributed by atoms with Crippen molar-refractivity contribution in [3.05, 3.63) is 35.4 Å². The van der Waals surface area contributed by atoms with E-state index >= 15 is 0 Å². The summed E-state index contributed by atoms with van der Waals surface area (Å²) in [5, 5.41) is 11.8. The molecule has 0 radical (unpaired) electrons. The number of nitriles is 1. The quantitative estimate of drug-likeness (QED) is 0.757. The SMILES string of the molecule is CS(=O)CCNCc1ccc(C#N)cc1. The van der Waals surface area contributed by atoms with Crippen molar-refractivity contribution in [2.45, 2.75) is 6.54 Å². The van der Waals surface area contributed by atoms with Gasteiger partial charge in [-0.3, -0.25) is 4.21 Å². The molecule has 0 aromatic heterocycles. The Bertz CT molecular complexity index is 367. The van der Waals surface area contributed by atoms with Gasteiger partial charge in [0.15, 0.2) is 0 Å². The van der Waals surface area contributed by atoms with Gasteiger partial charge in [0.25, 0.3) is 0 Å². The van der Waals surface area contributed by atoms with Crippen LogP contribution >= 0.6 is 0 Å². The van der Waals surface area contributed by atoms with Gasteiger partial charge in [0.05, 0.1) is 11.6 Å². The Labute approximate surface area is 92.6 Å². The number of nitrogens with one attached hydrogen (secondary N) is 1. The first-order chi connectivity index (χ1) is 7.22. The molecule has 15 heavy (non-hydrogen) atoms. The van der Waals surface area contributed by atoms with E-state index in [9.17, 15) is 4.21 Å². The Morgan fingerprint density at radius 2 is 2.07 bits per heavy atom. The van der Waals surface area contributed by atoms with Gasteiger partial charge in [-0.15, -0.1) is 0 Å². The lowest BCUT2D eigenvalue weighted by Crippen LogP contribution is -2.19. The van der Waals surface area contributed by atoms with E-state index < -0.39 is 10.8 Å². The minimum Gasteiger partial charge on any atom is -0.312 e. The minimum absolute atomic E-state index is 0.674. The predicted octanol–water partition coefficient (Wildman–Crippen LogP) is 1.03. The normalized spacial score (nSPS) is 12.0. The summed E-state index contributed by atoms with van der Waals surface area (Å²) in [5.74, 6) is 0.677. The van der Waals surface area contributed by atoms with Gasteiger partial charge >= 0.3 is 0 Å². The fourth-order valence-corrected chi connectivity index (χ4v) is 1.58. The summed E-state index contributed by atoms with van der Waals surface area (Å²) >= 11 is 0. The van der Waals surface area contributed by atoms with Crippen LogP contribution in [0.5, 0.6) is 0 Å². The first-order valence-electron chi connectivity index (χ1n) is 4.72. The van der Waals surface area contributed by atoms with Crippen LogP contribution in [-0.4, -0.2) is 22.8 Å². The van der Waals surface area contributed by atoms with Crippen LogP contribution in [-0.2, 0) is 17.3 Å². The van der Waals surface area contributed by atoms with Gasteiger partial charge in [-0.05, 0) is 17.7 Å². The van der Waals surface area contributed by atoms with Gasteiger partial charge in [0.2, 0.25) is 0 Å². The maximum absolute atomic E-state index is 10.8. The lowest BCUT2D eigenvalue weighted by molar-refractivity contribution is 0.676. The van der Waals surface area contributed by atoms with E-state index in [1.54, 1.807) is 18.4 Å². The fourth-order valence-electron chi connectivity index (χ4n) is 1.15. The molecular weight excluding hydrogens is 208 g/mol. The molecule has 0 saturated carbocycles. The second-order valence-corrected chi connectivity index (χ2v) is 4.82. The Hall–Kier alpha value is -1.18. The fraction of sp³-hybridized carbons (Fsp3) is 0.364. The average Bonchev–Trinajstić information content (AvgIpc) is 2.25. The molecule has 0 amide bonds. The van der Waals surface area contributed by atoms with Crippen molar-refractivity contribution in [1.29, 1.82) is 5.26 Å². The van der Waals surface area contributed by atoms with Crippen LogP contribution in [0.25, 0.3) is 0 Å². The lowest BCUT2D eigenvalue weighted by Gasteiger charge is -2.03. The maximum atomic E-state index is 10.8. The highest BCUT2D eigenvalue weighted by Crippen LogP contribution is 2.02. The van der Waals surface area contributed by atoms with Crippen LogP contribution in [0.2, 0.25) is 0 Å². The highest BCUT2D eigenvalue weighted by Gasteiger charge is 1.94. The van der Waals surface area contributed by atoms with Crippen molar-refractivity contribution in [3.8, 4) is 6.07 Å². The summed E-state index contributed by atoms with van der Waals surface area (Å²) in [5.41, 5.74) is 1.81. The number of hydrogen-bond donors (Lipinski definition) is 1. The molecule has 0 aliphatic heterocycles. The summed E-state index contributed by atoms with van der Waals surface area (Å²) < 4.78 is 10.8. The van der Waals surface area contributed by atoms with Crippen molar-refractivity contribution in [2.75, 3.05) is 18.6 Å². The molecule has 4 heteroatoms. The number of nitrogens with zero attached hydrogens (tertiary/aromatic N) is 1. The second kappa shape index (κ2) is 6.33. The molecular formula is C11H14N2OS. The van der Waals surface area contributed by atoms with Crippen LogP contribution in [0.3, 0.4) is 0 Å². The average molecular weight is 222 g/mol. The third kappa shape index (κ3) is 4.73. The molecule has 0 aliphatic rings. The first-order valence-corrected chi connectivity index (χ1v) is 6.45. The van der Waals surface area contributed by atoms with Crippen molar-refractivity contribution < 1.29 is 4.21 Å². The van der Waals surface area contributed by atoms with Gasteiger partial charge in [0.1, 0.15) is 0 Å². The molecule has 0 spiro atoms. The maximum Gasteiger partial charge on any atom is 0.0991 e. The molecule has 80 valence electrons. The third-order valence-corrected chi connectivity index (χ3v) is 2.76. The molecule has 1 rings (SSSR count). The molecule has 1 atom stereocenters. The first kappa shape index (κ1) is 11.9. The standard InChI is InChI=1S/C11H14N2OS/c1-15(14)7-6-13-9-11-4-2-10(8-12)3-5-11/h2-5,13H,6-7,9H2,1H3. The van der Waals surface area contributed by atoms with Crippen molar-refractivity contribution in [2.24, 2.45) is 0 Å². The Morgan fingerprint density at radius 3 is 2.60 bits per heavy atom. The van der Waals surface area contributed by atoms with Gasteiger partial charge in [0, 0.05) is 35.9 Å². The van der Waals surface area contributed by atoms with E-state index in [0.29, 0.717) is 11.3 Å². The highest BCUT2D eigenvalue weighted by molar-refractivity contribution is 7.84. The molecule has 0 heterocycles. The third-order valence-electron chi connectivity index (χ3n) is 1.98. The smallest absolute Gasteiger partial charge is 0.0991 e. The molecule has 0 saturated heterocycles. The topological polar surface area (TPSA) is 52.9 Å².